The first-order valence-electron chi connectivity index (χ1n) is 6.00. The van der Waals surface area contributed by atoms with Gasteiger partial charge in [-0.15, -0.1) is 0 Å². The average Bonchev–Trinajstić information content (AvgIpc) is 2.52. The molecule has 1 aromatic carbocycles. The molecule has 98 valence electrons. The normalized spacial score (nSPS) is 17.6. The molecule has 0 atom stereocenters. The van der Waals surface area contributed by atoms with E-state index in [0.717, 1.165) is 47.1 Å². The fraction of sp³-hybridized carbons (Fsp3) is 0.462. The topological polar surface area (TPSA) is 23.6 Å². The molecule has 0 aliphatic carbocycles. The van der Waals surface area contributed by atoms with Gasteiger partial charge in [0.15, 0.2) is 0 Å². The molecule has 3 nitrogen and oxygen atoms in total. The fourth-order valence-corrected chi connectivity index (χ4v) is 3.40. The Kier molecular flexibility index (Phi) is 4.81. The van der Waals surface area contributed by atoms with E-state index < -0.39 is 0 Å². The van der Waals surface area contributed by atoms with Crippen molar-refractivity contribution >= 4 is 37.8 Å². The predicted octanol–water partition coefficient (Wildman–Crippen LogP) is 2.99. The van der Waals surface area contributed by atoms with Crippen molar-refractivity contribution in [2.45, 2.75) is 6.42 Å². The number of benzene rings is 1. The van der Waals surface area contributed by atoms with Crippen LogP contribution in [0.25, 0.3) is 0 Å². The third kappa shape index (κ3) is 3.56. The second-order valence-corrected chi connectivity index (χ2v) is 6.44. The smallest absolute Gasteiger partial charge is 0.253 e. The number of hydrogen-bond acceptors (Lipinski definition) is 2. The average molecular weight is 376 g/mol. The van der Waals surface area contributed by atoms with Crippen LogP contribution in [0.1, 0.15) is 16.8 Å². The third-order valence-electron chi connectivity index (χ3n) is 3.12. The van der Waals surface area contributed by atoms with Gasteiger partial charge in [-0.25, -0.2) is 0 Å². The highest BCUT2D eigenvalue weighted by molar-refractivity contribution is 9.11. The molecule has 1 heterocycles. The van der Waals surface area contributed by atoms with Gasteiger partial charge in [0.05, 0.1) is 0 Å². The van der Waals surface area contributed by atoms with E-state index in [-0.39, 0.29) is 5.91 Å². The molecular formula is C13H16Br2N2O. The lowest BCUT2D eigenvalue weighted by Gasteiger charge is -2.20. The van der Waals surface area contributed by atoms with Crippen LogP contribution in [0.4, 0.5) is 0 Å². The van der Waals surface area contributed by atoms with Crippen molar-refractivity contribution in [3.05, 3.63) is 32.7 Å². The molecule has 0 N–H and O–H groups in total. The Morgan fingerprint density at radius 2 is 1.72 bits per heavy atom. The molecule has 0 aromatic heterocycles. The van der Waals surface area contributed by atoms with Crippen LogP contribution in [-0.4, -0.2) is 48.9 Å². The zero-order valence-electron chi connectivity index (χ0n) is 10.3. The minimum atomic E-state index is 0.118. The predicted molar refractivity (Wildman–Crippen MR) is 79.9 cm³/mol. The van der Waals surface area contributed by atoms with E-state index in [0.29, 0.717) is 0 Å². The van der Waals surface area contributed by atoms with Gasteiger partial charge in [-0.1, -0.05) is 31.9 Å². The molecule has 18 heavy (non-hydrogen) atoms. The molecule has 5 heteroatoms. The van der Waals surface area contributed by atoms with Crippen LogP contribution in [0.15, 0.2) is 27.1 Å². The Labute approximate surface area is 124 Å². The number of nitrogens with zero attached hydrogens (tertiary/aromatic N) is 2. The van der Waals surface area contributed by atoms with E-state index in [9.17, 15) is 4.79 Å². The third-order valence-corrected chi connectivity index (χ3v) is 4.03. The maximum atomic E-state index is 12.4. The van der Waals surface area contributed by atoms with Gasteiger partial charge in [0.25, 0.3) is 5.91 Å². The van der Waals surface area contributed by atoms with Gasteiger partial charge in [0.2, 0.25) is 0 Å². The lowest BCUT2D eigenvalue weighted by atomic mass is 10.2. The van der Waals surface area contributed by atoms with Crippen LogP contribution in [0.5, 0.6) is 0 Å². The molecule has 1 aliphatic rings. The first-order valence-corrected chi connectivity index (χ1v) is 7.59. The van der Waals surface area contributed by atoms with E-state index in [1.807, 2.05) is 23.1 Å². The number of amides is 1. The summed E-state index contributed by atoms with van der Waals surface area (Å²) in [6.07, 6.45) is 1.04. The molecule has 0 bridgehead atoms. The van der Waals surface area contributed by atoms with Gasteiger partial charge >= 0.3 is 0 Å². The molecule has 0 spiro atoms. The van der Waals surface area contributed by atoms with Gasteiger partial charge in [0, 0.05) is 34.1 Å². The summed E-state index contributed by atoms with van der Waals surface area (Å²) in [6, 6.07) is 5.69. The van der Waals surface area contributed by atoms with Crippen LogP contribution < -0.4 is 0 Å². The van der Waals surface area contributed by atoms with Crippen LogP contribution in [0.2, 0.25) is 0 Å². The number of halogens is 2. The highest BCUT2D eigenvalue weighted by Gasteiger charge is 2.19. The van der Waals surface area contributed by atoms with Crippen molar-refractivity contribution in [3.63, 3.8) is 0 Å². The molecule has 0 saturated carbocycles. The van der Waals surface area contributed by atoms with Gasteiger partial charge in [-0.3, -0.25) is 4.79 Å². The Morgan fingerprint density at radius 1 is 1.06 bits per heavy atom. The van der Waals surface area contributed by atoms with Crippen molar-refractivity contribution in [3.8, 4) is 0 Å². The molecule has 1 aromatic rings. The standard InChI is InChI=1S/C13H16Br2N2O/c1-16-3-2-4-17(6-5-16)13(18)10-7-11(14)9-12(15)8-10/h7-9H,2-6H2,1H3. The largest absolute Gasteiger partial charge is 0.337 e. The Hall–Kier alpha value is -0.390. The summed E-state index contributed by atoms with van der Waals surface area (Å²) in [4.78, 5) is 16.6. The van der Waals surface area contributed by atoms with Gasteiger partial charge in [-0.05, 0) is 38.2 Å². The SMILES string of the molecule is CN1CCCN(C(=O)c2cc(Br)cc(Br)c2)CC1. The summed E-state index contributed by atoms with van der Waals surface area (Å²) in [5.74, 6) is 0.118. The summed E-state index contributed by atoms with van der Waals surface area (Å²) in [5, 5.41) is 0. The molecular weight excluding hydrogens is 360 g/mol. The van der Waals surface area contributed by atoms with Crippen molar-refractivity contribution in [1.29, 1.82) is 0 Å². The maximum absolute atomic E-state index is 12.4. The van der Waals surface area contributed by atoms with E-state index in [2.05, 4.69) is 43.8 Å². The number of likely N-dealkylation sites (N-methyl/N-ethyl adjacent to an activating group) is 1. The second-order valence-electron chi connectivity index (χ2n) is 4.61. The molecule has 0 radical (unpaired) electrons. The quantitative estimate of drug-likeness (QED) is 0.753. The Balaban J connectivity index is 2.14. The number of carbonyl (C=O) groups excluding carboxylic acids is 1. The summed E-state index contributed by atoms with van der Waals surface area (Å²) in [5.41, 5.74) is 0.737. The second kappa shape index (κ2) is 6.17. The number of rotatable bonds is 1. The molecule has 0 unspecified atom stereocenters. The minimum Gasteiger partial charge on any atom is -0.337 e. The van der Waals surface area contributed by atoms with Crippen LogP contribution in [0.3, 0.4) is 0 Å². The number of carbonyl (C=O) groups is 1. The van der Waals surface area contributed by atoms with Crippen LogP contribution in [-0.2, 0) is 0 Å². The summed E-state index contributed by atoms with van der Waals surface area (Å²) < 4.78 is 1.85. The molecule has 1 amide bonds. The van der Waals surface area contributed by atoms with Crippen molar-refractivity contribution < 1.29 is 4.79 Å². The zero-order chi connectivity index (χ0) is 13.1. The van der Waals surface area contributed by atoms with Crippen molar-refractivity contribution in [1.82, 2.24) is 9.80 Å². The summed E-state index contributed by atoms with van der Waals surface area (Å²) >= 11 is 6.84. The maximum Gasteiger partial charge on any atom is 0.253 e. The Morgan fingerprint density at radius 3 is 2.39 bits per heavy atom. The zero-order valence-corrected chi connectivity index (χ0v) is 13.5. The molecule has 1 fully saturated rings. The first-order chi connectivity index (χ1) is 8.56. The van der Waals surface area contributed by atoms with Gasteiger partial charge in [0.1, 0.15) is 0 Å². The van der Waals surface area contributed by atoms with Gasteiger partial charge in [-0.2, -0.15) is 0 Å². The highest BCUT2D eigenvalue weighted by atomic mass is 79.9. The Bertz CT molecular complexity index is 430. The summed E-state index contributed by atoms with van der Waals surface area (Å²) in [6.45, 7) is 3.65. The van der Waals surface area contributed by atoms with E-state index in [1.165, 1.54) is 0 Å². The number of hydrogen-bond donors (Lipinski definition) is 0. The summed E-state index contributed by atoms with van der Waals surface area (Å²) in [7, 11) is 2.10. The lowest BCUT2D eigenvalue weighted by molar-refractivity contribution is 0.0762. The van der Waals surface area contributed by atoms with E-state index in [4.69, 9.17) is 0 Å². The first kappa shape index (κ1) is 14.0. The molecule has 1 aliphatic heterocycles. The molecule has 2 rings (SSSR count). The van der Waals surface area contributed by atoms with E-state index >= 15 is 0 Å². The monoisotopic (exact) mass is 374 g/mol. The fourth-order valence-electron chi connectivity index (χ4n) is 2.11. The highest BCUT2D eigenvalue weighted by Crippen LogP contribution is 2.21. The van der Waals surface area contributed by atoms with Crippen molar-refractivity contribution in [2.75, 3.05) is 33.2 Å². The van der Waals surface area contributed by atoms with Crippen LogP contribution in [0, 0.1) is 0 Å². The van der Waals surface area contributed by atoms with Gasteiger partial charge < -0.3 is 9.80 Å². The minimum absolute atomic E-state index is 0.118. The van der Waals surface area contributed by atoms with Crippen LogP contribution >= 0.6 is 31.9 Å². The van der Waals surface area contributed by atoms with E-state index in [1.54, 1.807) is 0 Å². The lowest BCUT2D eigenvalue weighted by Crippen LogP contribution is -2.34. The van der Waals surface area contributed by atoms with Crippen molar-refractivity contribution in [2.24, 2.45) is 0 Å². The molecule has 1 saturated heterocycles.